The standard InChI is InChI=1S/C9H10ClF2OS/c1-13-8-7(12)5(10)4-6(11)9(8)14(2)3/h4H,1-3H3/q+1. The molecule has 0 unspecified atom stereocenters. The van der Waals surface area contributed by atoms with Gasteiger partial charge < -0.3 is 4.74 Å². The Labute approximate surface area is 89.4 Å². The number of benzene rings is 1. The fourth-order valence-electron chi connectivity index (χ4n) is 1.12. The van der Waals surface area contributed by atoms with Crippen LogP contribution in [-0.2, 0) is 10.9 Å². The molecular formula is C9H10ClF2OS+. The molecule has 0 spiro atoms. The number of hydrogen-bond acceptors (Lipinski definition) is 1. The first kappa shape index (κ1) is 11.6. The molecule has 0 amide bonds. The molecule has 78 valence electrons. The van der Waals surface area contributed by atoms with Crippen LogP contribution in [0.4, 0.5) is 8.78 Å². The van der Waals surface area contributed by atoms with E-state index in [0.29, 0.717) is 0 Å². The molecule has 0 N–H and O–H groups in total. The monoisotopic (exact) mass is 239 g/mol. The van der Waals surface area contributed by atoms with Crippen LogP contribution in [0.15, 0.2) is 11.0 Å². The van der Waals surface area contributed by atoms with Crippen molar-refractivity contribution in [3.63, 3.8) is 0 Å². The summed E-state index contributed by atoms with van der Waals surface area (Å²) >= 11 is 5.48. The number of halogens is 3. The Bertz CT molecular complexity index is 355. The second-order valence-electron chi connectivity index (χ2n) is 2.83. The first-order chi connectivity index (χ1) is 6.49. The first-order valence-electron chi connectivity index (χ1n) is 3.78. The van der Waals surface area contributed by atoms with Crippen molar-refractivity contribution < 1.29 is 13.5 Å². The third-order valence-electron chi connectivity index (χ3n) is 1.70. The van der Waals surface area contributed by atoms with Crippen molar-refractivity contribution >= 4 is 22.5 Å². The lowest BCUT2D eigenvalue weighted by molar-refractivity contribution is 0.369. The Morgan fingerprint density at radius 2 is 1.93 bits per heavy atom. The van der Waals surface area contributed by atoms with Crippen molar-refractivity contribution in [3.8, 4) is 5.75 Å². The molecule has 0 aliphatic rings. The molecule has 0 saturated carbocycles. The average molecular weight is 240 g/mol. The minimum Gasteiger partial charge on any atom is -0.489 e. The predicted octanol–water partition coefficient (Wildman–Crippen LogP) is 2.86. The third kappa shape index (κ3) is 1.96. The van der Waals surface area contributed by atoms with Gasteiger partial charge in [0, 0.05) is 17.0 Å². The van der Waals surface area contributed by atoms with Gasteiger partial charge in [-0.25, -0.2) is 8.78 Å². The molecule has 14 heavy (non-hydrogen) atoms. The minimum atomic E-state index is -0.702. The number of methoxy groups -OCH3 is 1. The Kier molecular flexibility index (Phi) is 3.61. The first-order valence-corrected chi connectivity index (χ1v) is 6.20. The zero-order valence-corrected chi connectivity index (χ0v) is 9.60. The molecule has 0 heterocycles. The van der Waals surface area contributed by atoms with Crippen LogP contribution in [-0.4, -0.2) is 19.6 Å². The maximum atomic E-state index is 13.4. The van der Waals surface area contributed by atoms with Crippen LogP contribution in [0, 0.1) is 11.6 Å². The fraction of sp³-hybridized carbons (Fsp3) is 0.333. The summed E-state index contributed by atoms with van der Waals surface area (Å²) in [4.78, 5) is 0.245. The lowest BCUT2D eigenvalue weighted by atomic mass is 10.3. The van der Waals surface area contributed by atoms with E-state index < -0.39 is 22.5 Å². The zero-order chi connectivity index (χ0) is 10.9. The highest BCUT2D eigenvalue weighted by Gasteiger charge is 2.27. The average Bonchev–Trinajstić information content (AvgIpc) is 2.09. The summed E-state index contributed by atoms with van der Waals surface area (Å²) in [6.45, 7) is 0. The summed E-state index contributed by atoms with van der Waals surface area (Å²) in [6.07, 6.45) is 3.57. The van der Waals surface area contributed by atoms with Gasteiger partial charge >= 0.3 is 0 Å². The largest absolute Gasteiger partial charge is 0.489 e. The highest BCUT2D eigenvalue weighted by atomic mass is 35.5. The van der Waals surface area contributed by atoms with Crippen molar-refractivity contribution in [1.82, 2.24) is 0 Å². The highest BCUT2D eigenvalue weighted by molar-refractivity contribution is 7.95. The van der Waals surface area contributed by atoms with Gasteiger partial charge in [0.15, 0.2) is 11.6 Å². The lowest BCUT2D eigenvalue weighted by Gasteiger charge is -2.08. The molecule has 0 radical (unpaired) electrons. The zero-order valence-electron chi connectivity index (χ0n) is 8.03. The molecule has 5 heteroatoms. The molecule has 1 rings (SSSR count). The minimum absolute atomic E-state index is 0.0941. The predicted molar refractivity (Wildman–Crippen MR) is 55.4 cm³/mol. The van der Waals surface area contributed by atoms with E-state index in [4.69, 9.17) is 16.3 Å². The van der Waals surface area contributed by atoms with Crippen molar-refractivity contribution in [2.45, 2.75) is 4.90 Å². The quantitative estimate of drug-likeness (QED) is 0.570. The summed E-state index contributed by atoms with van der Waals surface area (Å²) in [5.41, 5.74) is 0. The van der Waals surface area contributed by atoms with E-state index in [1.807, 2.05) is 0 Å². The maximum Gasteiger partial charge on any atom is 0.235 e. The number of rotatable bonds is 2. The van der Waals surface area contributed by atoms with Crippen molar-refractivity contribution in [3.05, 3.63) is 22.7 Å². The lowest BCUT2D eigenvalue weighted by Crippen LogP contribution is -2.05. The SMILES string of the molecule is COc1c(F)c(Cl)cc(F)c1[S+](C)C. The number of ether oxygens (including phenoxy) is 1. The van der Waals surface area contributed by atoms with Gasteiger partial charge in [-0.3, -0.25) is 0 Å². The van der Waals surface area contributed by atoms with E-state index in [2.05, 4.69) is 0 Å². The summed E-state index contributed by atoms with van der Waals surface area (Å²) in [5.74, 6) is -1.32. The third-order valence-corrected chi connectivity index (χ3v) is 3.17. The van der Waals surface area contributed by atoms with Crippen molar-refractivity contribution in [1.29, 1.82) is 0 Å². The molecule has 0 bridgehead atoms. The van der Waals surface area contributed by atoms with Gasteiger partial charge in [-0.2, -0.15) is 0 Å². The molecular weight excluding hydrogens is 230 g/mol. The van der Waals surface area contributed by atoms with Crippen molar-refractivity contribution in [2.24, 2.45) is 0 Å². The number of hydrogen-bond donors (Lipinski definition) is 0. The topological polar surface area (TPSA) is 9.23 Å². The molecule has 1 nitrogen and oxygen atoms in total. The highest BCUT2D eigenvalue weighted by Crippen LogP contribution is 2.34. The van der Waals surface area contributed by atoms with Crippen LogP contribution in [0.2, 0.25) is 5.02 Å². The van der Waals surface area contributed by atoms with E-state index in [0.717, 1.165) is 6.07 Å². The second kappa shape index (κ2) is 4.36. The van der Waals surface area contributed by atoms with Gasteiger partial charge in [0.05, 0.1) is 12.1 Å². The van der Waals surface area contributed by atoms with Crippen LogP contribution in [0.5, 0.6) is 5.75 Å². The molecule has 0 fully saturated rings. The van der Waals surface area contributed by atoms with E-state index >= 15 is 0 Å². The van der Waals surface area contributed by atoms with Crippen molar-refractivity contribution in [2.75, 3.05) is 19.6 Å². The fourth-order valence-corrected chi connectivity index (χ4v) is 2.29. The second-order valence-corrected chi connectivity index (χ2v) is 5.28. The van der Waals surface area contributed by atoms with Gasteiger partial charge in [0.1, 0.15) is 12.5 Å². The Morgan fingerprint density at radius 3 is 2.36 bits per heavy atom. The van der Waals surface area contributed by atoms with Crippen LogP contribution in [0.25, 0.3) is 0 Å². The Balaban J connectivity index is 3.47. The summed E-state index contributed by atoms with van der Waals surface area (Å²) < 4.78 is 31.6. The van der Waals surface area contributed by atoms with E-state index in [1.165, 1.54) is 7.11 Å². The molecule has 0 atom stereocenters. The molecule has 0 aromatic heterocycles. The van der Waals surface area contributed by atoms with Gasteiger partial charge in [-0.15, -0.1) is 0 Å². The van der Waals surface area contributed by atoms with Crippen LogP contribution in [0.3, 0.4) is 0 Å². The molecule has 1 aromatic carbocycles. The van der Waals surface area contributed by atoms with Gasteiger partial charge in [0.2, 0.25) is 10.6 Å². The van der Waals surface area contributed by atoms with Gasteiger partial charge in [-0.05, 0) is 0 Å². The normalized spacial score (nSPS) is 10.8. The van der Waals surface area contributed by atoms with Crippen LogP contribution >= 0.6 is 11.6 Å². The van der Waals surface area contributed by atoms with E-state index in [9.17, 15) is 8.78 Å². The van der Waals surface area contributed by atoms with E-state index in [-0.39, 0.29) is 15.7 Å². The summed E-state index contributed by atoms with van der Waals surface area (Å²) in [5, 5.41) is -0.256. The van der Waals surface area contributed by atoms with E-state index in [1.54, 1.807) is 12.5 Å². The Morgan fingerprint density at radius 1 is 1.36 bits per heavy atom. The van der Waals surface area contributed by atoms with Crippen LogP contribution < -0.4 is 4.74 Å². The molecule has 1 aromatic rings. The molecule has 0 aliphatic carbocycles. The summed E-state index contributed by atoms with van der Waals surface area (Å²) in [6, 6.07) is 0.974. The molecule has 0 aliphatic heterocycles. The van der Waals surface area contributed by atoms with Gasteiger partial charge in [-0.1, -0.05) is 11.6 Å². The summed E-state index contributed by atoms with van der Waals surface area (Å²) in [7, 11) is 0.877. The smallest absolute Gasteiger partial charge is 0.235 e. The Hall–Kier alpha value is -0.480. The van der Waals surface area contributed by atoms with Crippen LogP contribution in [0.1, 0.15) is 0 Å². The molecule has 0 saturated heterocycles. The maximum absolute atomic E-state index is 13.4. The van der Waals surface area contributed by atoms with Gasteiger partial charge in [0.25, 0.3) is 0 Å².